The molecule has 4 heteroatoms. The first-order valence-corrected chi connectivity index (χ1v) is 8.95. The fourth-order valence-corrected chi connectivity index (χ4v) is 4.19. The highest BCUT2D eigenvalue weighted by Gasteiger charge is 2.34. The summed E-state index contributed by atoms with van der Waals surface area (Å²) in [7, 11) is 2.08. The molecule has 0 bridgehead atoms. The normalized spacial score (nSPS) is 34.0. The highest BCUT2D eigenvalue weighted by molar-refractivity contribution is 4.95. The molecule has 1 saturated heterocycles. The highest BCUT2D eigenvalue weighted by atomic mass is 16.3. The minimum absolute atomic E-state index is 0.433. The topological polar surface area (TPSA) is 41.3 Å². The standard InChI is InChI=1S/C18H31N3O/c1-15-5-7-18(22,8-6-15)14-21-10-3-4-16(13-21)12-17-19-9-11-20(17)2/h9,11,15-16,22H,3-8,10,12-14H2,1-2H3/t15?,16-,18?/m0/s1. The first-order chi connectivity index (χ1) is 10.5. The number of nitrogens with zero attached hydrogens (tertiary/aromatic N) is 3. The van der Waals surface area contributed by atoms with E-state index in [1.165, 1.54) is 31.5 Å². The van der Waals surface area contributed by atoms with Crippen LogP contribution in [0.3, 0.4) is 0 Å². The molecule has 0 amide bonds. The van der Waals surface area contributed by atoms with Gasteiger partial charge in [0.05, 0.1) is 5.60 Å². The van der Waals surface area contributed by atoms with E-state index in [2.05, 4.69) is 28.4 Å². The van der Waals surface area contributed by atoms with E-state index in [0.717, 1.165) is 44.8 Å². The van der Waals surface area contributed by atoms with Crippen molar-refractivity contribution in [3.63, 3.8) is 0 Å². The maximum absolute atomic E-state index is 10.9. The van der Waals surface area contributed by atoms with Crippen LogP contribution in [-0.4, -0.2) is 44.8 Å². The number of likely N-dealkylation sites (tertiary alicyclic amines) is 1. The van der Waals surface area contributed by atoms with Gasteiger partial charge in [0.1, 0.15) is 5.82 Å². The molecule has 22 heavy (non-hydrogen) atoms. The van der Waals surface area contributed by atoms with Gasteiger partial charge in [0.2, 0.25) is 0 Å². The number of aromatic nitrogens is 2. The van der Waals surface area contributed by atoms with Gasteiger partial charge in [-0.05, 0) is 56.9 Å². The summed E-state index contributed by atoms with van der Waals surface area (Å²) in [6.07, 6.45) is 11.9. The molecule has 124 valence electrons. The lowest BCUT2D eigenvalue weighted by Crippen LogP contribution is -2.48. The molecule has 3 rings (SSSR count). The van der Waals surface area contributed by atoms with Gasteiger partial charge in [-0.25, -0.2) is 4.98 Å². The van der Waals surface area contributed by atoms with Crippen molar-refractivity contribution in [2.24, 2.45) is 18.9 Å². The summed E-state index contributed by atoms with van der Waals surface area (Å²) in [5.74, 6) is 2.66. The Morgan fingerprint density at radius 2 is 2.09 bits per heavy atom. The molecule has 1 aromatic rings. The fraction of sp³-hybridized carbons (Fsp3) is 0.833. The van der Waals surface area contributed by atoms with E-state index in [4.69, 9.17) is 0 Å². The van der Waals surface area contributed by atoms with Gasteiger partial charge in [-0.2, -0.15) is 0 Å². The van der Waals surface area contributed by atoms with E-state index in [-0.39, 0.29) is 0 Å². The molecule has 1 N–H and O–H groups in total. The zero-order valence-corrected chi connectivity index (χ0v) is 14.2. The molecule has 2 aliphatic rings. The molecule has 1 aliphatic carbocycles. The fourth-order valence-electron chi connectivity index (χ4n) is 4.19. The van der Waals surface area contributed by atoms with Gasteiger partial charge in [-0.15, -0.1) is 0 Å². The predicted molar refractivity (Wildman–Crippen MR) is 88.7 cm³/mol. The highest BCUT2D eigenvalue weighted by Crippen LogP contribution is 2.33. The van der Waals surface area contributed by atoms with Gasteiger partial charge in [-0.3, -0.25) is 0 Å². The van der Waals surface area contributed by atoms with Crippen molar-refractivity contribution in [3.05, 3.63) is 18.2 Å². The second-order valence-electron chi connectivity index (χ2n) is 7.81. The van der Waals surface area contributed by atoms with Crippen molar-refractivity contribution >= 4 is 0 Å². The van der Waals surface area contributed by atoms with Crippen molar-refractivity contribution in [2.75, 3.05) is 19.6 Å². The molecular weight excluding hydrogens is 274 g/mol. The third-order valence-electron chi connectivity index (χ3n) is 5.72. The average Bonchev–Trinajstić information content (AvgIpc) is 2.88. The lowest BCUT2D eigenvalue weighted by Gasteiger charge is -2.41. The van der Waals surface area contributed by atoms with Gasteiger partial charge in [0.25, 0.3) is 0 Å². The number of piperidine rings is 1. The predicted octanol–water partition coefficient (Wildman–Crippen LogP) is 2.62. The molecule has 4 nitrogen and oxygen atoms in total. The van der Waals surface area contributed by atoms with Crippen molar-refractivity contribution < 1.29 is 5.11 Å². The number of aliphatic hydroxyl groups is 1. The SMILES string of the molecule is CC1CCC(O)(CN2CCC[C@@H](Cc3nccn3C)C2)CC1. The van der Waals surface area contributed by atoms with E-state index in [9.17, 15) is 5.11 Å². The van der Waals surface area contributed by atoms with Crippen LogP contribution in [-0.2, 0) is 13.5 Å². The molecule has 0 spiro atoms. The number of rotatable bonds is 4. The minimum Gasteiger partial charge on any atom is -0.389 e. The Labute approximate surface area is 134 Å². The molecule has 2 fully saturated rings. The lowest BCUT2D eigenvalue weighted by atomic mass is 9.79. The maximum atomic E-state index is 10.9. The molecule has 1 atom stereocenters. The van der Waals surface area contributed by atoms with E-state index >= 15 is 0 Å². The Bertz CT molecular complexity index is 476. The molecule has 0 unspecified atom stereocenters. The number of aryl methyl sites for hydroxylation is 1. The Kier molecular flexibility index (Phi) is 4.88. The van der Waals surface area contributed by atoms with Crippen LogP contribution in [0.4, 0.5) is 0 Å². The molecule has 1 saturated carbocycles. The van der Waals surface area contributed by atoms with Gasteiger partial charge in [-0.1, -0.05) is 6.92 Å². The van der Waals surface area contributed by atoms with E-state index in [1.54, 1.807) is 0 Å². The smallest absolute Gasteiger partial charge is 0.108 e. The van der Waals surface area contributed by atoms with Gasteiger partial charge >= 0.3 is 0 Å². The Hall–Kier alpha value is -0.870. The van der Waals surface area contributed by atoms with Crippen LogP contribution in [0.25, 0.3) is 0 Å². The van der Waals surface area contributed by atoms with Gasteiger partial charge in [0.15, 0.2) is 0 Å². The van der Waals surface area contributed by atoms with E-state index < -0.39 is 5.60 Å². The van der Waals surface area contributed by atoms with Crippen molar-refractivity contribution in [2.45, 2.75) is 57.5 Å². The van der Waals surface area contributed by atoms with Crippen molar-refractivity contribution in [1.29, 1.82) is 0 Å². The van der Waals surface area contributed by atoms with Crippen molar-refractivity contribution in [3.8, 4) is 0 Å². The Morgan fingerprint density at radius 3 is 2.77 bits per heavy atom. The van der Waals surface area contributed by atoms with Crippen LogP contribution in [0, 0.1) is 11.8 Å². The largest absolute Gasteiger partial charge is 0.389 e. The number of imidazole rings is 1. The maximum Gasteiger partial charge on any atom is 0.108 e. The number of hydrogen-bond donors (Lipinski definition) is 1. The first-order valence-electron chi connectivity index (χ1n) is 8.95. The average molecular weight is 305 g/mol. The van der Waals surface area contributed by atoms with Crippen LogP contribution in [0.5, 0.6) is 0 Å². The molecule has 0 radical (unpaired) electrons. The third-order valence-corrected chi connectivity index (χ3v) is 5.72. The summed E-state index contributed by atoms with van der Waals surface area (Å²) in [5, 5.41) is 10.9. The molecular formula is C18H31N3O. The summed E-state index contributed by atoms with van der Waals surface area (Å²) < 4.78 is 2.13. The molecule has 0 aromatic carbocycles. The number of hydrogen-bond acceptors (Lipinski definition) is 3. The lowest BCUT2D eigenvalue weighted by molar-refractivity contribution is -0.0424. The molecule has 1 aromatic heterocycles. The summed E-state index contributed by atoms with van der Waals surface area (Å²) in [6.45, 7) is 5.44. The quantitative estimate of drug-likeness (QED) is 0.929. The third kappa shape index (κ3) is 3.90. The van der Waals surface area contributed by atoms with Gasteiger partial charge < -0.3 is 14.6 Å². The Balaban J connectivity index is 1.53. The van der Waals surface area contributed by atoms with Crippen LogP contribution in [0.2, 0.25) is 0 Å². The summed E-state index contributed by atoms with van der Waals surface area (Å²) in [4.78, 5) is 6.97. The zero-order chi connectivity index (χ0) is 15.6. The summed E-state index contributed by atoms with van der Waals surface area (Å²) >= 11 is 0. The Morgan fingerprint density at radius 1 is 1.32 bits per heavy atom. The van der Waals surface area contributed by atoms with E-state index in [1.807, 2.05) is 12.4 Å². The minimum atomic E-state index is -0.433. The summed E-state index contributed by atoms with van der Waals surface area (Å²) in [5.41, 5.74) is -0.433. The zero-order valence-electron chi connectivity index (χ0n) is 14.2. The second kappa shape index (κ2) is 6.71. The van der Waals surface area contributed by atoms with Crippen molar-refractivity contribution in [1.82, 2.24) is 14.5 Å². The summed E-state index contributed by atoms with van der Waals surface area (Å²) in [6, 6.07) is 0. The number of β-amino-alcohol motifs (C(OH)–C–C–N with tert-alkyl or cyclic N) is 1. The van der Waals surface area contributed by atoms with Crippen LogP contribution >= 0.6 is 0 Å². The first kappa shape index (κ1) is 16.0. The second-order valence-corrected chi connectivity index (χ2v) is 7.81. The molecule has 2 heterocycles. The van der Waals surface area contributed by atoms with Crippen LogP contribution < -0.4 is 0 Å². The van der Waals surface area contributed by atoms with E-state index in [0.29, 0.717) is 5.92 Å². The monoisotopic (exact) mass is 305 g/mol. The van der Waals surface area contributed by atoms with Crippen LogP contribution in [0.1, 0.15) is 51.3 Å². The molecule has 1 aliphatic heterocycles. The van der Waals surface area contributed by atoms with Crippen LogP contribution in [0.15, 0.2) is 12.4 Å². The van der Waals surface area contributed by atoms with Gasteiger partial charge in [0, 0.05) is 39.0 Å².